The summed E-state index contributed by atoms with van der Waals surface area (Å²) < 4.78 is 27.6. The van der Waals surface area contributed by atoms with E-state index in [1.54, 1.807) is 0 Å². The number of ether oxygens (including phenoxy) is 2. The minimum atomic E-state index is -3.10. The number of rotatable bonds is 19. The fourth-order valence-corrected chi connectivity index (χ4v) is 4.58. The molecule has 0 bridgehead atoms. The first-order valence-electron chi connectivity index (χ1n) is 11.9. The molecule has 8 heteroatoms. The molecule has 0 spiro atoms. The summed E-state index contributed by atoms with van der Waals surface area (Å²) in [5.41, 5.74) is 0. The summed E-state index contributed by atoms with van der Waals surface area (Å²) in [5.74, 6) is 0. The second-order valence-electron chi connectivity index (χ2n) is 8.34. The number of unbranched alkanes of at least 4 members (excludes halogenated alkanes) is 13. The molecule has 1 saturated heterocycles. The zero-order chi connectivity index (χ0) is 21.3. The molecule has 1 rings (SSSR count). The van der Waals surface area contributed by atoms with Crippen LogP contribution in [0.4, 0.5) is 0 Å². The van der Waals surface area contributed by atoms with Crippen LogP contribution in [0.5, 0.6) is 0 Å². The molecule has 172 valence electrons. The molecule has 2 unspecified atom stereocenters. The largest absolute Gasteiger partial charge is 0.394 e. The van der Waals surface area contributed by atoms with Crippen molar-refractivity contribution in [3.8, 4) is 0 Å². The second-order valence-corrected chi connectivity index (χ2v) is 9.11. The average molecular weight is 434 g/mol. The molecule has 0 aromatic heterocycles. The Morgan fingerprint density at radius 3 is 1.79 bits per heavy atom. The highest BCUT2D eigenvalue weighted by atomic mass is 31.1. The van der Waals surface area contributed by atoms with E-state index in [-0.39, 0.29) is 12.6 Å². The van der Waals surface area contributed by atoms with Gasteiger partial charge in [0, 0.05) is 6.61 Å². The van der Waals surface area contributed by atoms with Crippen molar-refractivity contribution in [1.29, 1.82) is 0 Å². The lowest BCUT2D eigenvalue weighted by atomic mass is 9.93. The summed E-state index contributed by atoms with van der Waals surface area (Å²) >= 11 is 0. The van der Waals surface area contributed by atoms with Crippen molar-refractivity contribution in [1.82, 2.24) is 0 Å². The van der Waals surface area contributed by atoms with E-state index in [1.165, 1.54) is 77.0 Å². The van der Waals surface area contributed by atoms with Gasteiger partial charge in [0.2, 0.25) is 0 Å². The van der Waals surface area contributed by atoms with E-state index in [9.17, 15) is 9.67 Å². The molecule has 0 aromatic rings. The van der Waals surface area contributed by atoms with Gasteiger partial charge in [-0.3, -0.25) is 4.57 Å². The Balaban J connectivity index is 1.96. The zero-order valence-electron chi connectivity index (χ0n) is 18.7. The van der Waals surface area contributed by atoms with Gasteiger partial charge in [-0.15, -0.1) is 0 Å². The van der Waals surface area contributed by atoms with E-state index in [4.69, 9.17) is 18.9 Å². The highest BCUT2D eigenvalue weighted by Gasteiger charge is 2.44. The summed E-state index contributed by atoms with van der Waals surface area (Å²) in [6.45, 7) is 2.60. The fourth-order valence-electron chi connectivity index (χ4n) is 4.06. The molecule has 1 fully saturated rings. The molecular formula is C21H44BO6P. The Morgan fingerprint density at radius 2 is 1.34 bits per heavy atom. The molecular weight excluding hydrogens is 390 g/mol. The third-order valence-corrected chi connectivity index (χ3v) is 6.24. The molecule has 0 aliphatic carbocycles. The molecule has 6 nitrogen and oxygen atoms in total. The maximum absolute atomic E-state index is 11.1. The van der Waals surface area contributed by atoms with Gasteiger partial charge in [-0.05, 0) is 6.42 Å². The third-order valence-electron chi connectivity index (χ3n) is 5.77. The van der Waals surface area contributed by atoms with Crippen molar-refractivity contribution in [2.75, 3.05) is 13.2 Å². The molecule has 2 N–H and O–H groups in total. The Bertz CT molecular complexity index is 415. The smallest absolute Gasteiger partial charge is 0.317 e. The summed E-state index contributed by atoms with van der Waals surface area (Å²) in [4.78, 5) is 9.07. The van der Waals surface area contributed by atoms with Crippen LogP contribution < -0.4 is 0 Å². The number of aliphatic hydroxyl groups excluding tert-OH is 1. The van der Waals surface area contributed by atoms with E-state index in [1.807, 2.05) is 7.85 Å². The first-order valence-corrected chi connectivity index (χ1v) is 13.1. The van der Waals surface area contributed by atoms with Crippen molar-refractivity contribution in [2.24, 2.45) is 0 Å². The van der Waals surface area contributed by atoms with Gasteiger partial charge in [0.15, 0.2) is 0 Å². The van der Waals surface area contributed by atoms with Crippen LogP contribution in [0.15, 0.2) is 0 Å². The topological polar surface area (TPSA) is 85.2 Å². The maximum atomic E-state index is 11.1. The molecule has 0 radical (unpaired) electrons. The Kier molecular flexibility index (Phi) is 16.6. The van der Waals surface area contributed by atoms with Gasteiger partial charge in [-0.2, -0.15) is 0 Å². The van der Waals surface area contributed by atoms with E-state index in [2.05, 4.69) is 6.92 Å². The van der Waals surface area contributed by atoms with Crippen molar-refractivity contribution >= 4 is 16.1 Å². The molecule has 5 atom stereocenters. The first kappa shape index (κ1) is 27.1. The van der Waals surface area contributed by atoms with Crippen LogP contribution in [0.3, 0.4) is 0 Å². The van der Waals surface area contributed by atoms with Crippen molar-refractivity contribution in [2.45, 2.75) is 121 Å². The van der Waals surface area contributed by atoms with Crippen molar-refractivity contribution in [3.63, 3.8) is 0 Å². The lowest BCUT2D eigenvalue weighted by Crippen LogP contribution is -2.37. The number of hydrogen-bond acceptors (Lipinski definition) is 5. The van der Waals surface area contributed by atoms with Crippen LogP contribution in [0.1, 0.15) is 96.8 Å². The lowest BCUT2D eigenvalue weighted by Gasteiger charge is -2.22. The standard InChI is InChI=1S/C21H44BO6P/c1-2-3-4-5-6-7-8-9-10-11-12-13-14-15-16-26-20-19(28-29(24)25)18(17-23)27-21(20)22/h18-21,23,29H,2-17,22H2,1H3,(H,24,25)/t18-,19+,20?,21-/m1/s1. The van der Waals surface area contributed by atoms with Crippen LogP contribution >= 0.6 is 8.25 Å². The lowest BCUT2D eigenvalue weighted by molar-refractivity contribution is -0.0176. The van der Waals surface area contributed by atoms with Gasteiger partial charge in [-0.1, -0.05) is 90.4 Å². The van der Waals surface area contributed by atoms with Gasteiger partial charge in [0.05, 0.1) is 12.6 Å². The van der Waals surface area contributed by atoms with Crippen LogP contribution in [0.2, 0.25) is 0 Å². The first-order chi connectivity index (χ1) is 14.1. The van der Waals surface area contributed by atoms with Gasteiger partial charge < -0.3 is 24.0 Å². The van der Waals surface area contributed by atoms with Gasteiger partial charge in [0.1, 0.15) is 26.2 Å². The van der Waals surface area contributed by atoms with Crippen molar-refractivity contribution in [3.05, 3.63) is 0 Å². The summed E-state index contributed by atoms with van der Waals surface area (Å²) in [6.07, 6.45) is 16.7. The molecule has 1 aliphatic rings. The molecule has 0 amide bonds. The normalized spacial score (nSPS) is 25.5. The molecule has 0 aromatic carbocycles. The monoisotopic (exact) mass is 434 g/mol. The SMILES string of the molecule is B[C@@H]1O[C@H](CO)[C@H](O[PH](=O)O)C1OCCCCCCCCCCCCCCCC. The van der Waals surface area contributed by atoms with Gasteiger partial charge in [0.25, 0.3) is 0 Å². The van der Waals surface area contributed by atoms with Crippen LogP contribution in [-0.4, -0.2) is 55.4 Å². The average Bonchev–Trinajstić information content (AvgIpc) is 2.99. The quantitative estimate of drug-likeness (QED) is 0.182. The third kappa shape index (κ3) is 12.5. The minimum Gasteiger partial charge on any atom is -0.394 e. The highest BCUT2D eigenvalue weighted by molar-refractivity contribution is 7.32. The number of hydrogen-bond donors (Lipinski definition) is 2. The van der Waals surface area contributed by atoms with Crippen LogP contribution in [0.25, 0.3) is 0 Å². The van der Waals surface area contributed by atoms with Crippen LogP contribution in [0, 0.1) is 0 Å². The number of aliphatic hydroxyl groups is 1. The predicted octanol–water partition coefficient (Wildman–Crippen LogP) is 3.97. The summed E-state index contributed by atoms with van der Waals surface area (Å²) in [5, 5.41) is 9.36. The predicted molar refractivity (Wildman–Crippen MR) is 120 cm³/mol. The molecule has 29 heavy (non-hydrogen) atoms. The van der Waals surface area contributed by atoms with E-state index >= 15 is 0 Å². The van der Waals surface area contributed by atoms with Gasteiger partial charge >= 0.3 is 8.25 Å². The Labute approximate surface area is 179 Å². The zero-order valence-corrected chi connectivity index (χ0v) is 19.7. The van der Waals surface area contributed by atoms with E-state index in [0.717, 1.165) is 12.8 Å². The summed E-state index contributed by atoms with van der Waals surface area (Å²) in [7, 11) is -1.25. The van der Waals surface area contributed by atoms with Gasteiger partial charge in [-0.25, -0.2) is 0 Å². The van der Waals surface area contributed by atoms with Crippen LogP contribution in [-0.2, 0) is 18.6 Å². The summed E-state index contributed by atoms with van der Waals surface area (Å²) in [6, 6.07) is -0.259. The van der Waals surface area contributed by atoms with Crippen molar-refractivity contribution < 1.29 is 28.6 Å². The van der Waals surface area contributed by atoms with E-state index in [0.29, 0.717) is 6.61 Å². The second kappa shape index (κ2) is 17.7. The fraction of sp³-hybridized carbons (Fsp3) is 1.00. The highest BCUT2D eigenvalue weighted by Crippen LogP contribution is 2.31. The molecule has 1 aliphatic heterocycles. The molecule has 1 heterocycles. The van der Waals surface area contributed by atoms with E-state index < -0.39 is 26.6 Å². The Morgan fingerprint density at radius 1 is 0.862 bits per heavy atom. The molecule has 0 saturated carbocycles. The minimum absolute atomic E-state index is 0.247. The Hall–Kier alpha value is 0.0949. The maximum Gasteiger partial charge on any atom is 0.317 e.